The van der Waals surface area contributed by atoms with E-state index >= 15 is 0 Å². The number of carbonyl (C=O) groups is 2. The van der Waals surface area contributed by atoms with Gasteiger partial charge in [0.15, 0.2) is 17.3 Å². The Morgan fingerprint density at radius 2 is 1.97 bits per heavy atom. The van der Waals surface area contributed by atoms with E-state index in [1.54, 1.807) is 36.4 Å². The van der Waals surface area contributed by atoms with Gasteiger partial charge in [0.05, 0.1) is 11.6 Å². The van der Waals surface area contributed by atoms with Crippen molar-refractivity contribution >= 4 is 35.0 Å². The molecule has 2 aromatic carbocycles. The molecule has 2 aromatic rings. The summed E-state index contributed by atoms with van der Waals surface area (Å²) in [6.07, 6.45) is 0. The fraction of sp³-hybridized carbons (Fsp3) is 0.200. The van der Waals surface area contributed by atoms with Crippen LogP contribution in [0, 0.1) is 0 Å². The van der Waals surface area contributed by atoms with Crippen molar-refractivity contribution in [2.75, 3.05) is 13.8 Å². The fourth-order valence-electron chi connectivity index (χ4n) is 3.48. The molecule has 2 aliphatic heterocycles. The number of aliphatic hydroxyl groups is 1. The number of rotatable bonds is 4. The van der Waals surface area contributed by atoms with E-state index in [9.17, 15) is 14.7 Å². The summed E-state index contributed by atoms with van der Waals surface area (Å²) in [7, 11) is 1.51. The highest BCUT2D eigenvalue weighted by Crippen LogP contribution is 2.45. The van der Waals surface area contributed by atoms with Crippen molar-refractivity contribution in [2.24, 2.45) is 0 Å². The highest BCUT2D eigenvalue weighted by molar-refractivity contribution is 6.34. The highest BCUT2D eigenvalue weighted by Gasteiger charge is 2.43. The summed E-state index contributed by atoms with van der Waals surface area (Å²) < 4.78 is 10.9. The minimum absolute atomic E-state index is 0.0451. The zero-order chi connectivity index (χ0) is 20.7. The van der Waals surface area contributed by atoms with Crippen LogP contribution in [0.4, 0.5) is 0 Å². The van der Waals surface area contributed by atoms with E-state index in [-0.39, 0.29) is 18.9 Å². The number of benzene rings is 2. The van der Waals surface area contributed by atoms with Gasteiger partial charge in [-0.3, -0.25) is 9.59 Å². The average molecular weight is 435 g/mol. The molecule has 0 aromatic heterocycles. The minimum atomic E-state index is -0.818. The number of aliphatic hydroxyl groups excluding tert-OH is 1. The van der Waals surface area contributed by atoms with Crippen molar-refractivity contribution in [3.05, 3.63) is 68.9 Å². The summed E-state index contributed by atoms with van der Waals surface area (Å²) in [5.74, 6) is -0.877. The molecule has 0 saturated heterocycles. The zero-order valence-electron chi connectivity index (χ0n) is 15.2. The lowest BCUT2D eigenvalue weighted by molar-refractivity contribution is -0.128. The lowest BCUT2D eigenvalue weighted by Gasteiger charge is -2.23. The second-order valence-electron chi connectivity index (χ2n) is 6.62. The first-order valence-electron chi connectivity index (χ1n) is 8.68. The van der Waals surface area contributed by atoms with Gasteiger partial charge in [0.25, 0.3) is 11.8 Å². The smallest absolute Gasteiger partial charge is 0.289 e. The molecule has 29 heavy (non-hydrogen) atoms. The van der Waals surface area contributed by atoms with Crippen molar-refractivity contribution in [1.29, 1.82) is 0 Å². The number of para-hydroxylation sites is 1. The van der Waals surface area contributed by atoms with Crippen LogP contribution in [0.25, 0.3) is 0 Å². The van der Waals surface area contributed by atoms with Crippen molar-refractivity contribution in [1.82, 2.24) is 10.2 Å². The third-order valence-electron chi connectivity index (χ3n) is 4.78. The number of nitrogens with one attached hydrogen (secondary N) is 1. The fourth-order valence-corrected chi connectivity index (χ4v) is 4.05. The van der Waals surface area contributed by atoms with Gasteiger partial charge >= 0.3 is 0 Å². The van der Waals surface area contributed by atoms with Gasteiger partial charge in [-0.2, -0.15) is 0 Å². The van der Waals surface area contributed by atoms with Crippen LogP contribution in [0.2, 0.25) is 10.0 Å². The number of fused-ring (bicyclic) bond motifs is 1. The largest absolute Gasteiger partial charge is 0.503 e. The van der Waals surface area contributed by atoms with E-state index in [1.807, 2.05) is 0 Å². The van der Waals surface area contributed by atoms with Crippen LogP contribution in [0.5, 0.6) is 11.5 Å². The van der Waals surface area contributed by atoms with Crippen LogP contribution in [0.1, 0.15) is 17.2 Å². The van der Waals surface area contributed by atoms with Gasteiger partial charge in [0.1, 0.15) is 0 Å². The number of halogens is 2. The molecule has 2 aliphatic rings. The predicted molar refractivity (Wildman–Crippen MR) is 106 cm³/mol. The van der Waals surface area contributed by atoms with Gasteiger partial charge in [-0.05, 0) is 29.8 Å². The number of likely N-dealkylation sites (N-methyl/N-ethyl adjacent to an activating group) is 1. The molecule has 2 N–H and O–H groups in total. The standard InChI is InChI=1S/C20H16Cl2N2O5/c1-24-16(13-3-2-4-14-18(13)29-9-28-14)15(17(25)20(24)27)19(26)23-8-10-5-11(21)7-12(22)6-10/h2-7,16,25H,8-9H2,1H3,(H,23,26). The molecule has 1 atom stereocenters. The summed E-state index contributed by atoms with van der Waals surface area (Å²) in [6, 6.07) is 9.30. The van der Waals surface area contributed by atoms with E-state index in [1.165, 1.54) is 11.9 Å². The number of nitrogens with zero attached hydrogens (tertiary/aromatic N) is 1. The molecule has 150 valence electrons. The molecule has 0 radical (unpaired) electrons. The van der Waals surface area contributed by atoms with Gasteiger partial charge in [-0.25, -0.2) is 0 Å². The van der Waals surface area contributed by atoms with Gasteiger partial charge < -0.3 is 24.8 Å². The SMILES string of the molecule is CN1C(=O)C(O)=C(C(=O)NCc2cc(Cl)cc(Cl)c2)C1c1cccc2c1OCO2. The lowest BCUT2D eigenvalue weighted by Crippen LogP contribution is -2.31. The van der Waals surface area contributed by atoms with Gasteiger partial charge in [-0.1, -0.05) is 35.3 Å². The Morgan fingerprint density at radius 3 is 2.69 bits per heavy atom. The number of amides is 2. The molecular weight excluding hydrogens is 419 g/mol. The van der Waals surface area contributed by atoms with Crippen LogP contribution < -0.4 is 14.8 Å². The summed E-state index contributed by atoms with van der Waals surface area (Å²) in [5.41, 5.74) is 1.17. The average Bonchev–Trinajstić information content (AvgIpc) is 3.24. The summed E-state index contributed by atoms with van der Waals surface area (Å²) in [4.78, 5) is 26.6. The number of hydrogen-bond donors (Lipinski definition) is 2. The Labute approximate surface area is 176 Å². The third kappa shape index (κ3) is 3.47. The number of carbonyl (C=O) groups excluding carboxylic acids is 2. The second kappa shape index (κ2) is 7.50. The van der Waals surface area contributed by atoms with Crippen LogP contribution in [0.15, 0.2) is 47.7 Å². The highest BCUT2D eigenvalue weighted by atomic mass is 35.5. The predicted octanol–water partition coefficient (Wildman–Crippen LogP) is 3.36. The van der Waals surface area contributed by atoms with Crippen molar-refractivity contribution < 1.29 is 24.2 Å². The Kier molecular flexibility index (Phi) is 5.02. The monoisotopic (exact) mass is 434 g/mol. The molecule has 2 heterocycles. The summed E-state index contributed by atoms with van der Waals surface area (Å²) in [6.45, 7) is 0.163. The maximum atomic E-state index is 12.9. The van der Waals surface area contributed by atoms with Crippen molar-refractivity contribution in [3.8, 4) is 11.5 Å². The summed E-state index contributed by atoms with van der Waals surface area (Å²) >= 11 is 12.0. The van der Waals surface area contributed by atoms with Crippen molar-refractivity contribution in [2.45, 2.75) is 12.6 Å². The Bertz CT molecular complexity index is 1030. The Morgan fingerprint density at radius 1 is 1.24 bits per heavy atom. The van der Waals surface area contributed by atoms with Crippen LogP contribution in [0.3, 0.4) is 0 Å². The Hall–Kier alpha value is -2.90. The second-order valence-corrected chi connectivity index (χ2v) is 7.50. The van der Waals surface area contributed by atoms with E-state index in [0.717, 1.165) is 0 Å². The first-order valence-corrected chi connectivity index (χ1v) is 9.44. The topological polar surface area (TPSA) is 88.1 Å². The molecule has 9 heteroatoms. The molecule has 0 saturated carbocycles. The quantitative estimate of drug-likeness (QED) is 0.769. The van der Waals surface area contributed by atoms with E-state index in [4.69, 9.17) is 32.7 Å². The molecule has 0 aliphatic carbocycles. The first-order chi connectivity index (χ1) is 13.9. The molecule has 0 fully saturated rings. The number of hydrogen-bond acceptors (Lipinski definition) is 5. The van der Waals surface area contributed by atoms with Crippen LogP contribution in [-0.4, -0.2) is 35.7 Å². The van der Waals surface area contributed by atoms with Gasteiger partial charge in [0.2, 0.25) is 6.79 Å². The van der Waals surface area contributed by atoms with Gasteiger partial charge in [-0.15, -0.1) is 0 Å². The maximum absolute atomic E-state index is 12.9. The molecule has 7 nitrogen and oxygen atoms in total. The van der Waals surface area contributed by atoms with E-state index in [0.29, 0.717) is 32.7 Å². The van der Waals surface area contributed by atoms with Crippen LogP contribution >= 0.6 is 23.2 Å². The summed E-state index contributed by atoms with van der Waals surface area (Å²) in [5, 5.41) is 14.0. The minimum Gasteiger partial charge on any atom is -0.503 e. The number of ether oxygens (including phenoxy) is 2. The van der Waals surface area contributed by atoms with E-state index in [2.05, 4.69) is 5.32 Å². The normalized spacial score (nSPS) is 17.8. The molecule has 4 rings (SSSR count). The third-order valence-corrected chi connectivity index (χ3v) is 5.22. The maximum Gasteiger partial charge on any atom is 0.289 e. The van der Waals surface area contributed by atoms with Crippen molar-refractivity contribution in [3.63, 3.8) is 0 Å². The molecule has 0 bridgehead atoms. The molecular formula is C20H16Cl2N2O5. The van der Waals surface area contributed by atoms with Crippen LogP contribution in [-0.2, 0) is 16.1 Å². The first kappa shape index (κ1) is 19.4. The molecule has 2 amide bonds. The lowest BCUT2D eigenvalue weighted by atomic mass is 9.97. The molecule has 1 unspecified atom stereocenters. The van der Waals surface area contributed by atoms with E-state index < -0.39 is 23.6 Å². The Balaban J connectivity index is 1.64. The van der Waals surface area contributed by atoms with Gasteiger partial charge in [0, 0.05) is 29.2 Å². The molecule has 0 spiro atoms. The zero-order valence-corrected chi connectivity index (χ0v) is 16.8.